The molecule has 0 bridgehead atoms. The van der Waals surface area contributed by atoms with Crippen molar-refractivity contribution < 1.29 is 9.90 Å². The van der Waals surface area contributed by atoms with Crippen molar-refractivity contribution in [3.63, 3.8) is 0 Å². The van der Waals surface area contributed by atoms with Crippen LogP contribution in [0, 0.1) is 0 Å². The van der Waals surface area contributed by atoms with Gasteiger partial charge in [-0.25, -0.2) is 4.79 Å². The van der Waals surface area contributed by atoms with E-state index in [1.807, 2.05) is 22.9 Å². The van der Waals surface area contributed by atoms with Crippen LogP contribution < -0.4 is 11.2 Å². The van der Waals surface area contributed by atoms with Gasteiger partial charge >= 0.3 is 5.97 Å². The third kappa shape index (κ3) is 3.21. The highest BCUT2D eigenvalue weighted by molar-refractivity contribution is 7.80. The van der Waals surface area contributed by atoms with Gasteiger partial charge in [-0.05, 0) is 48.6 Å². The number of rotatable bonds is 4. The van der Waals surface area contributed by atoms with Gasteiger partial charge in [-0.3, -0.25) is 5.43 Å². The van der Waals surface area contributed by atoms with Crippen molar-refractivity contribution in [2.75, 3.05) is 0 Å². The highest BCUT2D eigenvalue weighted by atomic mass is 32.1. The molecule has 0 aliphatic heterocycles. The number of hydrogen-bond donors (Lipinski definition) is 3. The second-order valence-electron chi connectivity index (χ2n) is 3.89. The summed E-state index contributed by atoms with van der Waals surface area (Å²) in [4.78, 5) is 10.8. The molecule has 1 aromatic carbocycles. The third-order valence-corrected chi connectivity index (χ3v) is 2.64. The first-order valence-corrected chi connectivity index (χ1v) is 6.08. The van der Waals surface area contributed by atoms with Gasteiger partial charge < -0.3 is 15.4 Å². The van der Waals surface area contributed by atoms with E-state index in [2.05, 4.69) is 22.7 Å². The average Bonchev–Trinajstić information content (AvgIpc) is 2.87. The number of carboxylic acids is 1. The number of carbonyl (C=O) groups is 1. The number of carboxylic acid groups (broad SMARTS) is 1. The SMILES string of the molecule is NC(=S)N/N=C\c1cccn1-c1ccc(C(=O)O)cc1. The van der Waals surface area contributed by atoms with Crippen LogP contribution in [-0.2, 0) is 0 Å². The highest BCUT2D eigenvalue weighted by Gasteiger charge is 2.04. The van der Waals surface area contributed by atoms with Crippen LogP contribution in [0.5, 0.6) is 0 Å². The van der Waals surface area contributed by atoms with E-state index in [1.54, 1.807) is 30.5 Å². The lowest BCUT2D eigenvalue weighted by atomic mass is 10.2. The second kappa shape index (κ2) is 5.98. The second-order valence-corrected chi connectivity index (χ2v) is 4.33. The van der Waals surface area contributed by atoms with Crippen molar-refractivity contribution in [2.45, 2.75) is 0 Å². The highest BCUT2D eigenvalue weighted by Crippen LogP contribution is 2.13. The van der Waals surface area contributed by atoms with Crippen molar-refractivity contribution in [2.24, 2.45) is 10.8 Å². The maximum absolute atomic E-state index is 10.8. The summed E-state index contributed by atoms with van der Waals surface area (Å²) in [6, 6.07) is 10.3. The Labute approximate surface area is 120 Å². The number of aromatic carboxylic acids is 1. The monoisotopic (exact) mass is 288 g/mol. The number of nitrogens with zero attached hydrogens (tertiary/aromatic N) is 2. The molecular formula is C13H12N4O2S. The van der Waals surface area contributed by atoms with Gasteiger partial charge in [0.1, 0.15) is 0 Å². The largest absolute Gasteiger partial charge is 0.478 e. The molecule has 6 nitrogen and oxygen atoms in total. The van der Waals surface area contributed by atoms with E-state index in [0.717, 1.165) is 11.4 Å². The van der Waals surface area contributed by atoms with Crippen molar-refractivity contribution in [1.82, 2.24) is 9.99 Å². The van der Waals surface area contributed by atoms with E-state index in [1.165, 1.54) is 0 Å². The Morgan fingerprint density at radius 3 is 2.65 bits per heavy atom. The fraction of sp³-hybridized carbons (Fsp3) is 0. The Morgan fingerprint density at radius 2 is 2.05 bits per heavy atom. The van der Waals surface area contributed by atoms with Crippen LogP contribution in [0.1, 0.15) is 16.1 Å². The summed E-state index contributed by atoms with van der Waals surface area (Å²) < 4.78 is 1.86. The van der Waals surface area contributed by atoms with E-state index in [-0.39, 0.29) is 10.7 Å². The summed E-state index contributed by atoms with van der Waals surface area (Å²) in [5.41, 5.74) is 9.62. The summed E-state index contributed by atoms with van der Waals surface area (Å²) in [7, 11) is 0. The minimum atomic E-state index is -0.952. The summed E-state index contributed by atoms with van der Waals surface area (Å²) in [5, 5.41) is 12.8. The molecule has 0 saturated carbocycles. The van der Waals surface area contributed by atoms with Crippen molar-refractivity contribution in [1.29, 1.82) is 0 Å². The van der Waals surface area contributed by atoms with E-state index < -0.39 is 5.97 Å². The Balaban J connectivity index is 2.25. The first kappa shape index (κ1) is 13.8. The fourth-order valence-corrected chi connectivity index (χ4v) is 1.71. The molecule has 0 amide bonds. The molecule has 102 valence electrons. The normalized spacial score (nSPS) is 10.6. The predicted molar refractivity (Wildman–Crippen MR) is 80.2 cm³/mol. The maximum atomic E-state index is 10.8. The Morgan fingerprint density at radius 1 is 1.35 bits per heavy atom. The lowest BCUT2D eigenvalue weighted by Gasteiger charge is -2.06. The molecule has 0 spiro atoms. The summed E-state index contributed by atoms with van der Waals surface area (Å²) in [6.07, 6.45) is 3.42. The molecule has 0 atom stereocenters. The smallest absolute Gasteiger partial charge is 0.335 e. The minimum Gasteiger partial charge on any atom is -0.478 e. The van der Waals surface area contributed by atoms with E-state index in [4.69, 9.17) is 10.8 Å². The van der Waals surface area contributed by atoms with Gasteiger partial charge in [-0.15, -0.1) is 0 Å². The molecular weight excluding hydrogens is 276 g/mol. The van der Waals surface area contributed by atoms with Crippen LogP contribution >= 0.6 is 12.2 Å². The van der Waals surface area contributed by atoms with Crippen LogP contribution in [0.3, 0.4) is 0 Å². The topological polar surface area (TPSA) is 92.6 Å². The summed E-state index contributed by atoms with van der Waals surface area (Å²) >= 11 is 4.65. The first-order chi connectivity index (χ1) is 9.58. The Hall–Kier alpha value is -2.67. The van der Waals surface area contributed by atoms with E-state index in [0.29, 0.717) is 0 Å². The fourth-order valence-electron chi connectivity index (χ4n) is 1.66. The number of aromatic nitrogens is 1. The maximum Gasteiger partial charge on any atom is 0.335 e. The van der Waals surface area contributed by atoms with Crippen LogP contribution in [0.2, 0.25) is 0 Å². The predicted octanol–water partition coefficient (Wildman–Crippen LogP) is 1.34. The molecule has 1 heterocycles. The van der Waals surface area contributed by atoms with E-state index in [9.17, 15) is 4.79 Å². The van der Waals surface area contributed by atoms with Crippen LogP contribution in [0.4, 0.5) is 0 Å². The van der Waals surface area contributed by atoms with Crippen LogP contribution in [0.25, 0.3) is 5.69 Å². The van der Waals surface area contributed by atoms with Gasteiger partial charge in [0, 0.05) is 11.9 Å². The van der Waals surface area contributed by atoms with Crippen LogP contribution in [0.15, 0.2) is 47.7 Å². The van der Waals surface area contributed by atoms with Gasteiger partial charge in [0.05, 0.1) is 17.5 Å². The zero-order valence-electron chi connectivity index (χ0n) is 10.4. The summed E-state index contributed by atoms with van der Waals surface area (Å²) in [6.45, 7) is 0. The molecule has 4 N–H and O–H groups in total. The van der Waals surface area contributed by atoms with Gasteiger partial charge in [0.2, 0.25) is 0 Å². The number of hydrogen-bond acceptors (Lipinski definition) is 3. The lowest BCUT2D eigenvalue weighted by Crippen LogP contribution is -2.24. The van der Waals surface area contributed by atoms with Crippen molar-refractivity contribution in [3.05, 3.63) is 53.9 Å². The number of thiocarbonyl (C=S) groups is 1. The number of hydrazone groups is 1. The number of nitrogens with two attached hydrogens (primary N) is 1. The summed E-state index contributed by atoms with van der Waals surface area (Å²) in [5.74, 6) is -0.952. The van der Waals surface area contributed by atoms with Gasteiger partial charge in [-0.1, -0.05) is 0 Å². The van der Waals surface area contributed by atoms with Crippen molar-refractivity contribution >= 4 is 29.5 Å². The number of nitrogens with one attached hydrogen (secondary N) is 1. The van der Waals surface area contributed by atoms with Gasteiger partial charge in [0.25, 0.3) is 0 Å². The Kier molecular flexibility index (Phi) is 4.11. The molecule has 2 aromatic rings. The minimum absolute atomic E-state index is 0.0881. The zero-order valence-corrected chi connectivity index (χ0v) is 11.2. The zero-order chi connectivity index (χ0) is 14.5. The molecule has 1 aromatic heterocycles. The standard InChI is InChI=1S/C13H12N4O2S/c14-13(20)16-15-8-11-2-1-7-17(11)10-5-3-9(4-6-10)12(18)19/h1-8H,(H,18,19)(H3,14,16,20)/b15-8-. The van der Waals surface area contributed by atoms with Gasteiger partial charge in [0.15, 0.2) is 5.11 Å². The van der Waals surface area contributed by atoms with Gasteiger partial charge in [-0.2, -0.15) is 5.10 Å². The molecule has 2 rings (SSSR count). The molecule has 0 saturated heterocycles. The Bertz CT molecular complexity index is 661. The molecule has 0 fully saturated rings. The first-order valence-electron chi connectivity index (χ1n) is 5.67. The third-order valence-electron chi connectivity index (χ3n) is 2.54. The van der Waals surface area contributed by atoms with E-state index >= 15 is 0 Å². The molecule has 0 radical (unpaired) electrons. The molecule has 7 heteroatoms. The molecule has 0 unspecified atom stereocenters. The molecule has 20 heavy (non-hydrogen) atoms. The number of benzene rings is 1. The quantitative estimate of drug-likeness (QED) is 0.448. The average molecular weight is 288 g/mol. The van der Waals surface area contributed by atoms with Crippen LogP contribution in [-0.4, -0.2) is 27.0 Å². The molecule has 0 aliphatic carbocycles. The van der Waals surface area contributed by atoms with Crippen molar-refractivity contribution in [3.8, 4) is 5.69 Å². The molecule has 0 aliphatic rings. The lowest BCUT2D eigenvalue weighted by molar-refractivity contribution is 0.0697.